The Morgan fingerprint density at radius 3 is 2.67 bits per heavy atom. The monoisotopic (exact) mass is 306 g/mol. The minimum Gasteiger partial charge on any atom is -0.379 e. The minimum absolute atomic E-state index is 0.732. The van der Waals surface area contributed by atoms with Crippen molar-refractivity contribution in [1.29, 1.82) is 0 Å². The number of likely N-dealkylation sites (tertiary alicyclic amines) is 1. The van der Waals surface area contributed by atoms with Gasteiger partial charge >= 0.3 is 0 Å². The average molecular weight is 306 g/mol. The third-order valence-electron chi connectivity index (χ3n) is 4.58. The number of morpholine rings is 1. The summed E-state index contributed by atoms with van der Waals surface area (Å²) < 4.78 is 5.48. The van der Waals surface area contributed by atoms with E-state index in [1.807, 2.05) is 11.8 Å². The SMILES string of the molecule is C[C@H]1CN(CCSc2ccccc2)C[C@@H]1N1CCOCC1. The molecule has 0 amide bonds. The summed E-state index contributed by atoms with van der Waals surface area (Å²) in [4.78, 5) is 6.66. The van der Waals surface area contributed by atoms with Crippen LogP contribution >= 0.6 is 11.8 Å². The molecule has 4 heteroatoms. The second-order valence-electron chi connectivity index (χ2n) is 6.11. The summed E-state index contributed by atoms with van der Waals surface area (Å²) in [5, 5.41) is 0. The molecule has 3 rings (SSSR count). The van der Waals surface area contributed by atoms with Crippen LogP contribution in [0.1, 0.15) is 6.92 Å². The zero-order valence-electron chi connectivity index (χ0n) is 12.9. The van der Waals surface area contributed by atoms with Crippen molar-refractivity contribution in [3.8, 4) is 0 Å². The predicted molar refractivity (Wildman–Crippen MR) is 89.0 cm³/mol. The van der Waals surface area contributed by atoms with Gasteiger partial charge in [0.15, 0.2) is 0 Å². The molecule has 21 heavy (non-hydrogen) atoms. The van der Waals surface area contributed by atoms with E-state index in [0.717, 1.165) is 38.3 Å². The Bertz CT molecular complexity index is 422. The first-order valence-electron chi connectivity index (χ1n) is 8.05. The standard InChI is InChI=1S/C17H26N2OS/c1-15-13-18(9-12-21-16-5-3-2-4-6-16)14-17(15)19-7-10-20-11-8-19/h2-6,15,17H,7-14H2,1H3/t15-,17-/m0/s1. The molecule has 0 aliphatic carbocycles. The van der Waals surface area contributed by atoms with Gasteiger partial charge in [-0.25, -0.2) is 0 Å². The Kier molecular flexibility index (Phi) is 5.58. The zero-order chi connectivity index (χ0) is 14.5. The van der Waals surface area contributed by atoms with Crippen molar-refractivity contribution in [2.24, 2.45) is 5.92 Å². The molecule has 2 fully saturated rings. The number of nitrogens with zero attached hydrogens (tertiary/aromatic N) is 2. The van der Waals surface area contributed by atoms with Crippen LogP contribution in [0.4, 0.5) is 0 Å². The fourth-order valence-electron chi connectivity index (χ4n) is 3.42. The molecule has 2 saturated heterocycles. The van der Waals surface area contributed by atoms with Crippen molar-refractivity contribution >= 4 is 11.8 Å². The van der Waals surface area contributed by atoms with E-state index < -0.39 is 0 Å². The van der Waals surface area contributed by atoms with Gasteiger partial charge in [-0.3, -0.25) is 4.90 Å². The maximum Gasteiger partial charge on any atom is 0.0594 e. The molecule has 1 aromatic rings. The lowest BCUT2D eigenvalue weighted by atomic mass is 10.0. The molecule has 0 radical (unpaired) electrons. The first kappa shape index (κ1) is 15.3. The molecule has 0 N–H and O–H groups in total. The van der Waals surface area contributed by atoms with E-state index in [1.54, 1.807) is 0 Å². The Hall–Kier alpha value is -0.550. The number of thioether (sulfide) groups is 1. The van der Waals surface area contributed by atoms with Gasteiger partial charge in [0.25, 0.3) is 0 Å². The summed E-state index contributed by atoms with van der Waals surface area (Å²) in [5.41, 5.74) is 0. The van der Waals surface area contributed by atoms with Crippen molar-refractivity contribution in [3.63, 3.8) is 0 Å². The number of hydrogen-bond acceptors (Lipinski definition) is 4. The molecule has 0 unspecified atom stereocenters. The van der Waals surface area contributed by atoms with E-state index >= 15 is 0 Å². The summed E-state index contributed by atoms with van der Waals surface area (Å²) in [6.45, 7) is 10.1. The lowest BCUT2D eigenvalue weighted by Gasteiger charge is -2.34. The van der Waals surface area contributed by atoms with Crippen LogP contribution in [-0.4, -0.2) is 67.5 Å². The second-order valence-corrected chi connectivity index (χ2v) is 7.28. The maximum atomic E-state index is 5.48. The van der Waals surface area contributed by atoms with Crippen LogP contribution in [-0.2, 0) is 4.74 Å². The summed E-state index contributed by atoms with van der Waals surface area (Å²) >= 11 is 1.97. The van der Waals surface area contributed by atoms with Gasteiger partial charge in [-0.1, -0.05) is 25.1 Å². The van der Waals surface area contributed by atoms with Crippen molar-refractivity contribution < 1.29 is 4.74 Å². The van der Waals surface area contributed by atoms with Crippen LogP contribution in [0.5, 0.6) is 0 Å². The molecule has 0 bridgehead atoms. The summed E-state index contributed by atoms with van der Waals surface area (Å²) in [6.07, 6.45) is 0. The highest BCUT2D eigenvalue weighted by molar-refractivity contribution is 7.99. The average Bonchev–Trinajstić information content (AvgIpc) is 2.90. The lowest BCUT2D eigenvalue weighted by Crippen LogP contribution is -2.46. The van der Waals surface area contributed by atoms with Gasteiger partial charge in [-0.2, -0.15) is 0 Å². The highest BCUT2D eigenvalue weighted by Crippen LogP contribution is 2.24. The third-order valence-corrected chi connectivity index (χ3v) is 5.57. The van der Waals surface area contributed by atoms with Crippen molar-refractivity contribution in [1.82, 2.24) is 9.80 Å². The van der Waals surface area contributed by atoms with Gasteiger partial charge < -0.3 is 9.64 Å². The Morgan fingerprint density at radius 1 is 1.14 bits per heavy atom. The van der Waals surface area contributed by atoms with E-state index in [0.29, 0.717) is 0 Å². The van der Waals surface area contributed by atoms with Crippen molar-refractivity contribution in [2.75, 3.05) is 51.7 Å². The van der Waals surface area contributed by atoms with E-state index in [9.17, 15) is 0 Å². The quantitative estimate of drug-likeness (QED) is 0.776. The molecule has 116 valence electrons. The van der Waals surface area contributed by atoms with Gasteiger partial charge in [0.05, 0.1) is 13.2 Å². The number of hydrogen-bond donors (Lipinski definition) is 0. The summed E-state index contributed by atoms with van der Waals surface area (Å²) in [5.74, 6) is 1.97. The van der Waals surface area contributed by atoms with Crippen LogP contribution in [0.2, 0.25) is 0 Å². The molecular weight excluding hydrogens is 280 g/mol. The molecule has 0 saturated carbocycles. The number of rotatable bonds is 5. The van der Waals surface area contributed by atoms with E-state index in [1.165, 1.54) is 30.3 Å². The van der Waals surface area contributed by atoms with Crippen LogP contribution in [0.15, 0.2) is 35.2 Å². The molecular formula is C17H26N2OS. The first-order valence-corrected chi connectivity index (χ1v) is 9.03. The second kappa shape index (κ2) is 7.63. The van der Waals surface area contributed by atoms with Crippen molar-refractivity contribution in [3.05, 3.63) is 30.3 Å². The van der Waals surface area contributed by atoms with E-state index in [4.69, 9.17) is 4.74 Å². The number of benzene rings is 1. The molecule has 2 heterocycles. The van der Waals surface area contributed by atoms with Gasteiger partial charge in [0.2, 0.25) is 0 Å². The largest absolute Gasteiger partial charge is 0.379 e. The van der Waals surface area contributed by atoms with E-state index in [-0.39, 0.29) is 0 Å². The maximum absolute atomic E-state index is 5.48. The summed E-state index contributed by atoms with van der Waals surface area (Å²) in [7, 11) is 0. The summed E-state index contributed by atoms with van der Waals surface area (Å²) in [6, 6.07) is 11.5. The van der Waals surface area contributed by atoms with Crippen LogP contribution in [0.3, 0.4) is 0 Å². The van der Waals surface area contributed by atoms with Crippen molar-refractivity contribution in [2.45, 2.75) is 17.9 Å². The van der Waals surface area contributed by atoms with Crippen LogP contribution < -0.4 is 0 Å². The Morgan fingerprint density at radius 2 is 1.90 bits per heavy atom. The molecule has 0 spiro atoms. The molecule has 3 nitrogen and oxygen atoms in total. The highest BCUT2D eigenvalue weighted by Gasteiger charge is 2.34. The van der Waals surface area contributed by atoms with Crippen LogP contribution in [0.25, 0.3) is 0 Å². The van der Waals surface area contributed by atoms with Crippen LogP contribution in [0, 0.1) is 5.92 Å². The minimum atomic E-state index is 0.732. The van der Waals surface area contributed by atoms with E-state index in [2.05, 4.69) is 47.1 Å². The van der Waals surface area contributed by atoms with Gasteiger partial charge in [-0.05, 0) is 18.1 Å². The first-order chi connectivity index (χ1) is 10.3. The van der Waals surface area contributed by atoms with Gasteiger partial charge in [0.1, 0.15) is 0 Å². The molecule has 0 aromatic heterocycles. The van der Waals surface area contributed by atoms with Gasteiger partial charge in [0, 0.05) is 49.4 Å². The normalized spacial score (nSPS) is 28.0. The third kappa shape index (κ3) is 4.22. The Balaban J connectivity index is 1.43. The Labute approximate surface area is 132 Å². The molecule has 2 atom stereocenters. The fraction of sp³-hybridized carbons (Fsp3) is 0.647. The molecule has 1 aromatic carbocycles. The van der Waals surface area contributed by atoms with Gasteiger partial charge in [-0.15, -0.1) is 11.8 Å². The number of ether oxygens (including phenoxy) is 1. The zero-order valence-corrected chi connectivity index (χ0v) is 13.7. The molecule has 2 aliphatic rings. The predicted octanol–water partition coefficient (Wildman–Crippen LogP) is 2.43. The lowest BCUT2D eigenvalue weighted by molar-refractivity contribution is 0.0119. The molecule has 2 aliphatic heterocycles. The topological polar surface area (TPSA) is 15.7 Å². The highest BCUT2D eigenvalue weighted by atomic mass is 32.2. The fourth-order valence-corrected chi connectivity index (χ4v) is 4.36. The smallest absolute Gasteiger partial charge is 0.0594 e.